The van der Waals surface area contributed by atoms with Crippen LogP contribution in [0.15, 0.2) is 51.9 Å². The SMILES string of the molecule is Cc1ccc(-c2onc(C)c2C)cc1S(=O)(=O)CCC(=O)NC1CCCc2ccccc21. The minimum atomic E-state index is -3.65. The average Bonchev–Trinajstić information content (AvgIpc) is 3.11. The van der Waals surface area contributed by atoms with Crippen molar-refractivity contribution in [2.75, 3.05) is 5.75 Å². The summed E-state index contributed by atoms with van der Waals surface area (Å²) in [5, 5.41) is 6.99. The number of aryl methyl sites for hydroxylation is 3. The first kappa shape index (κ1) is 22.3. The molecule has 1 unspecified atom stereocenters. The third-order valence-electron chi connectivity index (χ3n) is 6.25. The molecule has 2 aromatic carbocycles. The number of fused-ring (bicyclic) bond motifs is 1. The number of sulfone groups is 1. The minimum absolute atomic E-state index is 0.0575. The molecule has 0 saturated heterocycles. The first-order valence-electron chi connectivity index (χ1n) is 10.9. The normalized spacial score (nSPS) is 15.9. The number of carbonyl (C=O) groups is 1. The van der Waals surface area contributed by atoms with Gasteiger partial charge in [-0.05, 0) is 62.8 Å². The van der Waals surface area contributed by atoms with Crippen molar-refractivity contribution in [1.29, 1.82) is 0 Å². The molecule has 0 saturated carbocycles. The summed E-state index contributed by atoms with van der Waals surface area (Å²) in [5.74, 6) is 0.0739. The van der Waals surface area contributed by atoms with E-state index in [9.17, 15) is 13.2 Å². The molecule has 7 heteroatoms. The molecule has 0 radical (unpaired) electrons. The van der Waals surface area contributed by atoms with Gasteiger partial charge in [0, 0.05) is 17.5 Å². The molecule has 0 fully saturated rings. The van der Waals surface area contributed by atoms with E-state index in [4.69, 9.17) is 4.52 Å². The number of carbonyl (C=O) groups excluding carboxylic acids is 1. The minimum Gasteiger partial charge on any atom is -0.356 e. The number of aromatic nitrogens is 1. The molecule has 0 bridgehead atoms. The predicted octanol–water partition coefficient (Wildman–Crippen LogP) is 4.62. The Morgan fingerprint density at radius 2 is 1.94 bits per heavy atom. The van der Waals surface area contributed by atoms with Gasteiger partial charge >= 0.3 is 0 Å². The van der Waals surface area contributed by atoms with Crippen LogP contribution in [0.4, 0.5) is 0 Å². The molecule has 1 atom stereocenters. The summed E-state index contributed by atoms with van der Waals surface area (Å²) in [7, 11) is -3.65. The Kier molecular flexibility index (Phi) is 6.20. The fraction of sp³-hybridized carbons (Fsp3) is 0.360. The van der Waals surface area contributed by atoms with Gasteiger partial charge < -0.3 is 9.84 Å². The highest BCUT2D eigenvalue weighted by molar-refractivity contribution is 7.91. The Morgan fingerprint density at radius 3 is 2.69 bits per heavy atom. The Balaban J connectivity index is 1.47. The zero-order chi connectivity index (χ0) is 22.9. The smallest absolute Gasteiger partial charge is 0.221 e. The van der Waals surface area contributed by atoms with Gasteiger partial charge in [0.15, 0.2) is 15.6 Å². The molecule has 4 rings (SSSR count). The Labute approximate surface area is 188 Å². The van der Waals surface area contributed by atoms with Gasteiger partial charge in [-0.3, -0.25) is 4.79 Å². The van der Waals surface area contributed by atoms with Crippen molar-refractivity contribution in [3.05, 3.63) is 70.4 Å². The summed E-state index contributed by atoms with van der Waals surface area (Å²) in [6.07, 6.45) is 2.81. The Bertz CT molecular complexity index is 1260. The average molecular weight is 453 g/mol. The monoisotopic (exact) mass is 452 g/mol. The second-order valence-electron chi connectivity index (χ2n) is 8.48. The van der Waals surface area contributed by atoms with E-state index in [1.54, 1.807) is 19.1 Å². The molecule has 1 N–H and O–H groups in total. The summed E-state index contributed by atoms with van der Waals surface area (Å²) in [6, 6.07) is 13.3. The summed E-state index contributed by atoms with van der Waals surface area (Å²) < 4.78 is 31.6. The third kappa shape index (κ3) is 4.48. The highest BCUT2D eigenvalue weighted by Gasteiger charge is 2.24. The van der Waals surface area contributed by atoms with Crippen LogP contribution in [0.1, 0.15) is 53.3 Å². The van der Waals surface area contributed by atoms with Gasteiger partial charge in [-0.15, -0.1) is 0 Å². The van der Waals surface area contributed by atoms with Crippen LogP contribution >= 0.6 is 0 Å². The number of hydrogen-bond acceptors (Lipinski definition) is 5. The lowest BCUT2D eigenvalue weighted by molar-refractivity contribution is -0.121. The number of nitrogens with one attached hydrogen (secondary N) is 1. The van der Waals surface area contributed by atoms with Crippen molar-refractivity contribution in [3.63, 3.8) is 0 Å². The number of hydrogen-bond donors (Lipinski definition) is 1. The van der Waals surface area contributed by atoms with Crippen LogP contribution in [0.2, 0.25) is 0 Å². The highest BCUT2D eigenvalue weighted by Crippen LogP contribution is 2.31. The van der Waals surface area contributed by atoms with Crippen molar-refractivity contribution in [2.45, 2.75) is 57.4 Å². The largest absolute Gasteiger partial charge is 0.356 e. The lowest BCUT2D eigenvalue weighted by Gasteiger charge is -2.26. The van der Waals surface area contributed by atoms with Crippen LogP contribution < -0.4 is 5.32 Å². The molecule has 1 aliphatic carbocycles. The first-order valence-corrected chi connectivity index (χ1v) is 12.6. The number of benzene rings is 2. The van der Waals surface area contributed by atoms with E-state index in [1.807, 2.05) is 38.1 Å². The molecule has 1 amide bonds. The molecule has 168 valence electrons. The van der Waals surface area contributed by atoms with E-state index < -0.39 is 9.84 Å². The van der Waals surface area contributed by atoms with Crippen molar-refractivity contribution in [1.82, 2.24) is 10.5 Å². The molecule has 6 nitrogen and oxygen atoms in total. The molecular weight excluding hydrogens is 424 g/mol. The van der Waals surface area contributed by atoms with E-state index >= 15 is 0 Å². The summed E-state index contributed by atoms with van der Waals surface area (Å²) in [5.41, 5.74) is 5.34. The quantitative estimate of drug-likeness (QED) is 0.589. The number of nitrogens with zero attached hydrogens (tertiary/aromatic N) is 1. The van der Waals surface area contributed by atoms with E-state index in [1.165, 1.54) is 5.56 Å². The number of amides is 1. The second-order valence-corrected chi connectivity index (χ2v) is 10.6. The van der Waals surface area contributed by atoms with E-state index in [2.05, 4.69) is 16.5 Å². The van der Waals surface area contributed by atoms with Crippen LogP contribution in [0.25, 0.3) is 11.3 Å². The predicted molar refractivity (Wildman–Crippen MR) is 123 cm³/mol. The van der Waals surface area contributed by atoms with E-state index in [0.717, 1.165) is 36.1 Å². The van der Waals surface area contributed by atoms with Crippen LogP contribution in [-0.4, -0.2) is 25.2 Å². The fourth-order valence-electron chi connectivity index (χ4n) is 4.27. The molecular formula is C25H28N2O4S. The third-order valence-corrected chi connectivity index (χ3v) is 8.10. The second kappa shape index (κ2) is 8.90. The molecule has 0 spiro atoms. The molecule has 1 aliphatic rings. The van der Waals surface area contributed by atoms with E-state index in [0.29, 0.717) is 16.9 Å². The van der Waals surface area contributed by atoms with Crippen molar-refractivity contribution >= 4 is 15.7 Å². The highest BCUT2D eigenvalue weighted by atomic mass is 32.2. The van der Waals surface area contributed by atoms with Crippen LogP contribution in [-0.2, 0) is 21.1 Å². The lowest BCUT2D eigenvalue weighted by atomic mass is 9.88. The summed E-state index contributed by atoms with van der Waals surface area (Å²) >= 11 is 0. The van der Waals surface area contributed by atoms with Crippen molar-refractivity contribution < 1.29 is 17.7 Å². The van der Waals surface area contributed by atoms with Gasteiger partial charge in [0.2, 0.25) is 5.91 Å². The fourth-order valence-corrected chi connectivity index (χ4v) is 5.81. The van der Waals surface area contributed by atoms with Gasteiger partial charge in [0.1, 0.15) is 0 Å². The van der Waals surface area contributed by atoms with Crippen LogP contribution in [0.3, 0.4) is 0 Å². The van der Waals surface area contributed by atoms with Gasteiger partial charge in [-0.1, -0.05) is 41.6 Å². The zero-order valence-corrected chi connectivity index (χ0v) is 19.5. The maximum absolute atomic E-state index is 13.1. The van der Waals surface area contributed by atoms with Crippen molar-refractivity contribution in [3.8, 4) is 11.3 Å². The van der Waals surface area contributed by atoms with Gasteiger partial charge in [0.05, 0.1) is 22.4 Å². The standard InChI is InChI=1S/C25H28N2O4S/c1-16-11-12-20(25-17(2)18(3)27-31-25)15-23(16)32(29,30)14-13-24(28)26-22-10-6-8-19-7-4-5-9-21(19)22/h4-5,7,9,11-12,15,22H,6,8,10,13-14H2,1-3H3,(H,26,28). The van der Waals surface area contributed by atoms with Gasteiger partial charge in [0.25, 0.3) is 0 Å². The number of rotatable bonds is 6. The van der Waals surface area contributed by atoms with Crippen LogP contribution in [0.5, 0.6) is 0 Å². The summed E-state index contributed by atoms with van der Waals surface area (Å²) in [6.45, 7) is 5.49. The summed E-state index contributed by atoms with van der Waals surface area (Å²) in [4.78, 5) is 12.8. The Morgan fingerprint density at radius 1 is 1.16 bits per heavy atom. The maximum Gasteiger partial charge on any atom is 0.221 e. The molecule has 1 heterocycles. The van der Waals surface area contributed by atoms with Crippen LogP contribution in [0, 0.1) is 20.8 Å². The maximum atomic E-state index is 13.1. The van der Waals surface area contributed by atoms with Gasteiger partial charge in [-0.25, -0.2) is 8.42 Å². The van der Waals surface area contributed by atoms with E-state index in [-0.39, 0.29) is 29.0 Å². The molecule has 1 aromatic heterocycles. The van der Waals surface area contributed by atoms with Crippen molar-refractivity contribution in [2.24, 2.45) is 0 Å². The molecule has 32 heavy (non-hydrogen) atoms. The van der Waals surface area contributed by atoms with Gasteiger partial charge in [-0.2, -0.15) is 0 Å². The molecule has 0 aliphatic heterocycles. The zero-order valence-electron chi connectivity index (χ0n) is 18.6. The topological polar surface area (TPSA) is 89.3 Å². The molecule has 3 aromatic rings. The first-order chi connectivity index (χ1) is 15.3. The lowest BCUT2D eigenvalue weighted by Crippen LogP contribution is -2.32. The Hall–Kier alpha value is -2.93.